The summed E-state index contributed by atoms with van der Waals surface area (Å²) in [5, 5.41) is 0. The lowest BCUT2D eigenvalue weighted by Crippen LogP contribution is -2.50. The number of hydrogen-bond donors (Lipinski definition) is 0. The predicted molar refractivity (Wildman–Crippen MR) is 52.8 cm³/mol. The van der Waals surface area contributed by atoms with Crippen LogP contribution >= 0.6 is 11.6 Å². The van der Waals surface area contributed by atoms with E-state index in [-0.39, 0.29) is 0 Å². The molecular formula is C7H17ClN2Si. The van der Waals surface area contributed by atoms with E-state index in [1.807, 2.05) is 0 Å². The summed E-state index contributed by atoms with van der Waals surface area (Å²) in [6.07, 6.45) is 0. The Bertz CT molecular complexity index is 115. The topological polar surface area (TPSA) is 6.48 Å². The van der Waals surface area contributed by atoms with Gasteiger partial charge in [-0.05, 0) is 7.05 Å². The van der Waals surface area contributed by atoms with Gasteiger partial charge in [-0.3, -0.25) is 0 Å². The highest BCUT2D eigenvalue weighted by atomic mass is 35.5. The normalized spacial score (nSPS) is 25.4. The second kappa shape index (κ2) is 4.45. The monoisotopic (exact) mass is 192 g/mol. The van der Waals surface area contributed by atoms with Crippen LogP contribution in [0.4, 0.5) is 0 Å². The molecule has 0 aromatic heterocycles. The minimum absolute atomic E-state index is 0.718. The van der Waals surface area contributed by atoms with Crippen molar-refractivity contribution in [3.8, 4) is 0 Å². The van der Waals surface area contributed by atoms with Gasteiger partial charge in [-0.15, -0.1) is 11.6 Å². The van der Waals surface area contributed by atoms with E-state index in [4.69, 9.17) is 11.6 Å². The van der Waals surface area contributed by atoms with Crippen molar-refractivity contribution in [2.24, 2.45) is 0 Å². The molecule has 4 heteroatoms. The van der Waals surface area contributed by atoms with Gasteiger partial charge in [0.2, 0.25) is 0 Å². The maximum Gasteiger partial charge on any atom is 0.123 e. The van der Waals surface area contributed by atoms with E-state index in [1.165, 1.54) is 26.2 Å². The number of hydrogen-bond acceptors (Lipinski definition) is 2. The lowest BCUT2D eigenvalue weighted by Gasteiger charge is -2.35. The largest absolute Gasteiger partial charge is 0.323 e. The summed E-state index contributed by atoms with van der Waals surface area (Å²) >= 11 is 5.83. The zero-order chi connectivity index (χ0) is 8.27. The van der Waals surface area contributed by atoms with Crippen molar-refractivity contribution >= 4 is 20.6 Å². The summed E-state index contributed by atoms with van der Waals surface area (Å²) < 4.78 is 2.59. The van der Waals surface area contributed by atoms with E-state index in [0.717, 1.165) is 5.50 Å². The van der Waals surface area contributed by atoms with Crippen molar-refractivity contribution in [2.75, 3.05) is 38.7 Å². The molecule has 1 atom stereocenters. The third-order valence-electron chi connectivity index (χ3n) is 2.38. The van der Waals surface area contributed by atoms with E-state index >= 15 is 0 Å². The Morgan fingerprint density at radius 2 is 1.82 bits per heavy atom. The maximum atomic E-state index is 5.83. The molecule has 1 unspecified atom stereocenters. The van der Waals surface area contributed by atoms with Crippen LogP contribution in [0.1, 0.15) is 0 Å². The van der Waals surface area contributed by atoms with Gasteiger partial charge in [0.05, 0.1) is 0 Å². The fourth-order valence-electron chi connectivity index (χ4n) is 1.36. The Balaban J connectivity index is 2.27. The number of nitrogens with zero attached hydrogens (tertiary/aromatic N) is 2. The van der Waals surface area contributed by atoms with E-state index in [0.29, 0.717) is 0 Å². The fourth-order valence-corrected chi connectivity index (χ4v) is 3.25. The standard InChI is InChI=1S/C7H17ClN2Si/c1-9-3-5-10(6-4-9)11(2)7-8/h11H,3-7H2,1-2H3. The Kier molecular flexibility index (Phi) is 3.85. The molecule has 1 aliphatic heterocycles. The highest BCUT2D eigenvalue weighted by Crippen LogP contribution is 2.02. The zero-order valence-corrected chi connectivity index (χ0v) is 9.30. The van der Waals surface area contributed by atoms with Gasteiger partial charge in [0.1, 0.15) is 8.96 Å². The van der Waals surface area contributed by atoms with Crippen LogP contribution < -0.4 is 0 Å². The van der Waals surface area contributed by atoms with Gasteiger partial charge in [-0.1, -0.05) is 6.55 Å². The first-order valence-corrected chi connectivity index (χ1v) is 7.25. The molecule has 0 N–H and O–H groups in total. The van der Waals surface area contributed by atoms with Gasteiger partial charge in [0, 0.05) is 31.7 Å². The summed E-state index contributed by atoms with van der Waals surface area (Å²) in [5.74, 6) is 0. The van der Waals surface area contributed by atoms with E-state index < -0.39 is 8.96 Å². The van der Waals surface area contributed by atoms with Crippen LogP contribution in [0.5, 0.6) is 0 Å². The molecule has 0 bridgehead atoms. The highest BCUT2D eigenvalue weighted by molar-refractivity contribution is 6.63. The average molecular weight is 193 g/mol. The van der Waals surface area contributed by atoms with Crippen LogP contribution in [-0.2, 0) is 0 Å². The van der Waals surface area contributed by atoms with E-state index in [9.17, 15) is 0 Å². The molecule has 1 fully saturated rings. The number of alkyl halides is 1. The fraction of sp³-hybridized carbons (Fsp3) is 1.00. The zero-order valence-electron chi connectivity index (χ0n) is 7.39. The van der Waals surface area contributed by atoms with Crippen molar-refractivity contribution in [3.05, 3.63) is 0 Å². The van der Waals surface area contributed by atoms with E-state index in [2.05, 4.69) is 23.1 Å². The number of rotatable bonds is 2. The van der Waals surface area contributed by atoms with Crippen LogP contribution in [0, 0.1) is 0 Å². The molecule has 1 heterocycles. The summed E-state index contributed by atoms with van der Waals surface area (Å²) in [7, 11) is 1.47. The molecule has 11 heavy (non-hydrogen) atoms. The molecule has 0 aromatic rings. The molecule has 0 saturated carbocycles. The Labute approximate surface area is 75.8 Å². The number of halogens is 1. The van der Waals surface area contributed by atoms with Crippen LogP contribution in [0.15, 0.2) is 0 Å². The maximum absolute atomic E-state index is 5.83. The smallest absolute Gasteiger partial charge is 0.123 e. The van der Waals surface area contributed by atoms with Crippen LogP contribution in [0.3, 0.4) is 0 Å². The Hall–Kier alpha value is 0.427. The highest BCUT2D eigenvalue weighted by Gasteiger charge is 2.18. The summed E-state index contributed by atoms with van der Waals surface area (Å²) in [4.78, 5) is 2.38. The van der Waals surface area contributed by atoms with Crippen molar-refractivity contribution in [2.45, 2.75) is 6.55 Å². The third-order valence-corrected chi connectivity index (χ3v) is 5.93. The first kappa shape index (κ1) is 9.51. The molecule has 1 saturated heterocycles. The SMILES string of the molecule is CN1CCN([SiH](C)CCl)CC1. The lowest BCUT2D eigenvalue weighted by atomic mass is 10.4. The molecule has 1 aliphatic rings. The van der Waals surface area contributed by atoms with Crippen molar-refractivity contribution in [1.29, 1.82) is 0 Å². The molecule has 66 valence electrons. The van der Waals surface area contributed by atoms with Crippen LogP contribution in [-0.4, -0.2) is 57.2 Å². The second-order valence-electron chi connectivity index (χ2n) is 3.34. The van der Waals surface area contributed by atoms with Gasteiger partial charge in [-0.2, -0.15) is 0 Å². The lowest BCUT2D eigenvalue weighted by molar-refractivity contribution is 0.221. The summed E-state index contributed by atoms with van der Waals surface area (Å²) in [6.45, 7) is 7.23. The second-order valence-corrected chi connectivity index (χ2v) is 7.01. The summed E-state index contributed by atoms with van der Waals surface area (Å²) in [6, 6.07) is 0. The molecule has 0 aromatic carbocycles. The molecule has 1 rings (SSSR count). The average Bonchev–Trinajstić information content (AvgIpc) is 2.05. The summed E-state index contributed by atoms with van der Waals surface area (Å²) in [5.41, 5.74) is 0.893. The number of piperazine rings is 1. The van der Waals surface area contributed by atoms with Crippen molar-refractivity contribution < 1.29 is 0 Å². The third kappa shape index (κ3) is 2.74. The first-order valence-electron chi connectivity index (χ1n) is 4.22. The molecule has 2 nitrogen and oxygen atoms in total. The van der Waals surface area contributed by atoms with Crippen LogP contribution in [0.25, 0.3) is 0 Å². The van der Waals surface area contributed by atoms with E-state index in [1.54, 1.807) is 0 Å². The Morgan fingerprint density at radius 3 is 2.27 bits per heavy atom. The van der Waals surface area contributed by atoms with Gasteiger partial charge >= 0.3 is 0 Å². The van der Waals surface area contributed by atoms with Gasteiger partial charge in [0.25, 0.3) is 0 Å². The van der Waals surface area contributed by atoms with Crippen LogP contribution in [0.2, 0.25) is 6.55 Å². The predicted octanol–water partition coefficient (Wildman–Crippen LogP) is 0.365. The first-order chi connectivity index (χ1) is 5.24. The quantitative estimate of drug-likeness (QED) is 0.461. The van der Waals surface area contributed by atoms with Gasteiger partial charge < -0.3 is 9.47 Å². The molecule has 0 aliphatic carbocycles. The minimum Gasteiger partial charge on any atom is -0.323 e. The Morgan fingerprint density at radius 1 is 1.27 bits per heavy atom. The van der Waals surface area contributed by atoms with Crippen molar-refractivity contribution in [1.82, 2.24) is 9.47 Å². The molecule has 0 radical (unpaired) electrons. The molecular weight excluding hydrogens is 176 g/mol. The van der Waals surface area contributed by atoms with Crippen molar-refractivity contribution in [3.63, 3.8) is 0 Å². The molecule has 0 spiro atoms. The minimum atomic E-state index is -0.718. The number of likely N-dealkylation sites (N-methyl/N-ethyl adjacent to an activating group) is 1. The molecule has 0 amide bonds. The van der Waals surface area contributed by atoms with Gasteiger partial charge in [0.15, 0.2) is 0 Å². The van der Waals surface area contributed by atoms with Gasteiger partial charge in [-0.25, -0.2) is 0 Å².